The van der Waals surface area contributed by atoms with Crippen molar-refractivity contribution >= 4 is 17.9 Å². The molecule has 6 rings (SSSR count). The van der Waals surface area contributed by atoms with E-state index in [0.29, 0.717) is 56.7 Å². The van der Waals surface area contributed by atoms with E-state index < -0.39 is 23.2 Å². The Kier molecular flexibility index (Phi) is 15.6. The van der Waals surface area contributed by atoms with Crippen LogP contribution < -0.4 is 0 Å². The second-order valence-corrected chi connectivity index (χ2v) is 18.8. The van der Waals surface area contributed by atoms with Crippen molar-refractivity contribution in [3.63, 3.8) is 0 Å². The summed E-state index contributed by atoms with van der Waals surface area (Å²) in [7, 11) is 1.49. The molecule has 0 spiro atoms. The van der Waals surface area contributed by atoms with Gasteiger partial charge in [-0.1, -0.05) is 64.2 Å². The molecule has 6 saturated carbocycles. The maximum absolute atomic E-state index is 13.6. The largest absolute Gasteiger partial charge is 0.481 e. The number of hydrogen-bond donors (Lipinski definition) is 2. The highest BCUT2D eigenvalue weighted by Crippen LogP contribution is 2.51. The Hall–Kier alpha value is -1.75. The lowest BCUT2D eigenvalue weighted by Crippen LogP contribution is -2.47. The predicted molar refractivity (Wildman–Crippen MR) is 203 cm³/mol. The average molecular weight is 761 g/mol. The number of carbonyl (C=O) groups is 3. The molecule has 10 heteroatoms. The smallest absolute Gasteiger partial charge is 0.312 e. The van der Waals surface area contributed by atoms with Gasteiger partial charge in [-0.15, -0.1) is 0 Å². The van der Waals surface area contributed by atoms with Crippen molar-refractivity contribution in [3.05, 3.63) is 0 Å². The quantitative estimate of drug-likeness (QED) is 0.100. The first-order valence-electron chi connectivity index (χ1n) is 22.3. The summed E-state index contributed by atoms with van der Waals surface area (Å²) in [5.74, 6) is 0.820. The van der Waals surface area contributed by atoms with Crippen LogP contribution in [0.25, 0.3) is 0 Å². The molecule has 2 N–H and O–H groups in total. The number of esters is 2. The summed E-state index contributed by atoms with van der Waals surface area (Å²) in [5.41, 5.74) is -0.645. The SMILES string of the molecule is COC(=O)C(C)(C1CCC(OOCC2CC(C3CCCCC3)CCC2COO)CC1)C1CCC(OC(=O)C2CC(C3CCCCC3)CCC2C(=O)O)CC1. The minimum absolute atomic E-state index is 0.0179. The summed E-state index contributed by atoms with van der Waals surface area (Å²) < 4.78 is 11.6. The minimum Gasteiger partial charge on any atom is -0.481 e. The molecule has 54 heavy (non-hydrogen) atoms. The van der Waals surface area contributed by atoms with E-state index in [1.165, 1.54) is 77.7 Å². The number of rotatable bonds is 14. The molecule has 0 saturated heterocycles. The van der Waals surface area contributed by atoms with Gasteiger partial charge in [-0.05, 0) is 144 Å². The Labute approximate surface area is 324 Å². The van der Waals surface area contributed by atoms with Crippen molar-refractivity contribution in [2.24, 2.45) is 64.6 Å². The van der Waals surface area contributed by atoms with Crippen molar-refractivity contribution in [1.29, 1.82) is 0 Å². The number of carboxylic acids is 1. The first-order chi connectivity index (χ1) is 26.2. The van der Waals surface area contributed by atoms with Crippen LogP contribution >= 0.6 is 0 Å². The first-order valence-corrected chi connectivity index (χ1v) is 22.3. The molecule has 6 aliphatic rings. The van der Waals surface area contributed by atoms with Crippen LogP contribution in [-0.2, 0) is 38.5 Å². The van der Waals surface area contributed by atoms with Gasteiger partial charge in [0, 0.05) is 0 Å². The third-order valence-electron chi connectivity index (χ3n) is 16.1. The number of carboxylic acid groups (broad SMARTS) is 1. The lowest BCUT2D eigenvalue weighted by atomic mass is 9.59. The van der Waals surface area contributed by atoms with Crippen LogP contribution in [0.1, 0.15) is 161 Å². The molecule has 7 unspecified atom stereocenters. The van der Waals surface area contributed by atoms with Crippen LogP contribution in [0.15, 0.2) is 0 Å². The van der Waals surface area contributed by atoms with E-state index in [9.17, 15) is 24.7 Å². The van der Waals surface area contributed by atoms with E-state index in [1.807, 2.05) is 0 Å². The third kappa shape index (κ3) is 10.2. The molecule has 0 bridgehead atoms. The Morgan fingerprint density at radius 1 is 0.593 bits per heavy atom. The van der Waals surface area contributed by atoms with Crippen molar-refractivity contribution in [2.75, 3.05) is 20.3 Å². The number of methoxy groups -OCH3 is 1. The monoisotopic (exact) mass is 761 g/mol. The standard InChI is InChI=1S/C44H72O10/c1-44(43(48)50-2,35-16-20-37(21-17-35)53-42(47)40-26-32(15-24-39(40)41(45)46)30-11-7-4-8-12-30)36-18-22-38(23-19-36)54-52-28-34-25-31(13-14-33(34)27-51-49)29-9-5-3-6-10-29/h29-40,49H,3-28H2,1-2H3,(H,45,46). The lowest BCUT2D eigenvalue weighted by Gasteiger charge is -2.46. The molecule has 6 fully saturated rings. The number of hydrogen-bond acceptors (Lipinski definition) is 9. The predicted octanol–water partition coefficient (Wildman–Crippen LogP) is 9.57. The number of carbonyl (C=O) groups excluding carboxylic acids is 2. The first kappa shape index (κ1) is 41.9. The van der Waals surface area contributed by atoms with E-state index in [0.717, 1.165) is 69.6 Å². The Bertz CT molecular complexity index is 1180. The van der Waals surface area contributed by atoms with E-state index in [-0.39, 0.29) is 41.9 Å². The van der Waals surface area contributed by atoms with E-state index in [4.69, 9.17) is 19.2 Å². The van der Waals surface area contributed by atoms with Gasteiger partial charge in [0.1, 0.15) is 6.10 Å². The van der Waals surface area contributed by atoms with Gasteiger partial charge in [0.25, 0.3) is 0 Å². The Balaban J connectivity index is 0.970. The highest BCUT2D eigenvalue weighted by atomic mass is 17.2. The fraction of sp³-hybridized carbons (Fsp3) is 0.932. The molecule has 0 aromatic rings. The maximum Gasteiger partial charge on any atom is 0.312 e. The van der Waals surface area contributed by atoms with E-state index >= 15 is 0 Å². The van der Waals surface area contributed by atoms with E-state index in [1.54, 1.807) is 0 Å². The van der Waals surface area contributed by atoms with Gasteiger partial charge in [-0.25, -0.2) is 14.7 Å². The molecule has 10 nitrogen and oxygen atoms in total. The lowest BCUT2D eigenvalue weighted by molar-refractivity contribution is -0.341. The zero-order valence-corrected chi connectivity index (χ0v) is 33.5. The fourth-order valence-electron chi connectivity index (χ4n) is 12.6. The van der Waals surface area contributed by atoms with Gasteiger partial charge >= 0.3 is 17.9 Å². The third-order valence-corrected chi connectivity index (χ3v) is 16.1. The molecule has 308 valence electrons. The average Bonchev–Trinajstić information content (AvgIpc) is 3.21. The van der Waals surface area contributed by atoms with Crippen LogP contribution in [0.3, 0.4) is 0 Å². The van der Waals surface area contributed by atoms with Crippen molar-refractivity contribution < 1.29 is 48.9 Å². The summed E-state index contributed by atoms with van der Waals surface area (Å²) in [6.07, 6.45) is 24.3. The molecule has 0 aliphatic heterocycles. The topological polar surface area (TPSA) is 138 Å². The van der Waals surface area contributed by atoms with Crippen LogP contribution in [-0.4, -0.2) is 60.8 Å². The van der Waals surface area contributed by atoms with Gasteiger partial charge in [-0.3, -0.25) is 19.6 Å². The van der Waals surface area contributed by atoms with Crippen LogP contribution in [0, 0.1) is 64.6 Å². The normalized spacial score (nSPS) is 37.2. The maximum atomic E-state index is 13.6. The molecule has 6 aliphatic carbocycles. The minimum atomic E-state index is -0.878. The molecule has 0 aromatic carbocycles. The van der Waals surface area contributed by atoms with Crippen LogP contribution in [0.4, 0.5) is 0 Å². The van der Waals surface area contributed by atoms with Gasteiger partial charge in [0.05, 0.1) is 43.7 Å². The zero-order chi connectivity index (χ0) is 38.1. The molecule has 0 aromatic heterocycles. The van der Waals surface area contributed by atoms with Gasteiger partial charge in [-0.2, -0.15) is 0 Å². The Morgan fingerprint density at radius 3 is 1.70 bits per heavy atom. The highest BCUT2D eigenvalue weighted by Gasteiger charge is 2.51. The zero-order valence-electron chi connectivity index (χ0n) is 33.5. The fourth-order valence-corrected chi connectivity index (χ4v) is 12.6. The van der Waals surface area contributed by atoms with Crippen LogP contribution in [0.2, 0.25) is 0 Å². The summed E-state index contributed by atoms with van der Waals surface area (Å²) in [4.78, 5) is 56.0. The van der Waals surface area contributed by atoms with Crippen LogP contribution in [0.5, 0.6) is 0 Å². The molecule has 0 radical (unpaired) electrons. The summed E-state index contributed by atoms with van der Waals surface area (Å²) in [5, 5.41) is 19.2. The Morgan fingerprint density at radius 2 is 1.15 bits per heavy atom. The van der Waals surface area contributed by atoms with Gasteiger partial charge < -0.3 is 14.6 Å². The molecule has 0 amide bonds. The molecular weight excluding hydrogens is 688 g/mol. The second-order valence-electron chi connectivity index (χ2n) is 18.8. The molecule has 7 atom stereocenters. The van der Waals surface area contributed by atoms with Gasteiger partial charge in [0.15, 0.2) is 0 Å². The van der Waals surface area contributed by atoms with E-state index in [2.05, 4.69) is 11.8 Å². The molecular formula is C44H72O10. The van der Waals surface area contributed by atoms with Gasteiger partial charge in [0.2, 0.25) is 0 Å². The number of ether oxygens (including phenoxy) is 2. The summed E-state index contributed by atoms with van der Waals surface area (Å²) in [6.45, 7) is 2.95. The van der Waals surface area contributed by atoms with Crippen molar-refractivity contribution in [3.8, 4) is 0 Å². The summed E-state index contributed by atoms with van der Waals surface area (Å²) >= 11 is 0. The van der Waals surface area contributed by atoms with Crippen molar-refractivity contribution in [2.45, 2.75) is 173 Å². The highest BCUT2D eigenvalue weighted by molar-refractivity contribution is 5.81. The second kappa shape index (κ2) is 20.1. The number of aliphatic carboxylic acids is 1. The summed E-state index contributed by atoms with van der Waals surface area (Å²) in [6, 6.07) is 0. The van der Waals surface area contributed by atoms with Crippen molar-refractivity contribution in [1.82, 2.24) is 0 Å². The molecule has 0 heterocycles.